The van der Waals surface area contributed by atoms with Gasteiger partial charge in [0, 0.05) is 18.4 Å². The monoisotopic (exact) mass is 414 g/mol. The number of nitrogens with zero attached hydrogens (tertiary/aromatic N) is 2. The van der Waals surface area contributed by atoms with Crippen molar-refractivity contribution >= 4 is 5.91 Å². The lowest BCUT2D eigenvalue weighted by molar-refractivity contribution is -0.135. The Morgan fingerprint density at radius 2 is 1.74 bits per heavy atom. The number of hydrogen-bond acceptors (Lipinski definition) is 3. The van der Waals surface area contributed by atoms with Gasteiger partial charge in [0.1, 0.15) is 11.5 Å². The van der Waals surface area contributed by atoms with Crippen molar-refractivity contribution in [1.29, 1.82) is 0 Å². The van der Waals surface area contributed by atoms with Crippen LogP contribution in [0, 0.1) is 6.92 Å². The molecule has 5 nitrogen and oxygen atoms in total. The predicted octanol–water partition coefficient (Wildman–Crippen LogP) is 5.05. The molecule has 5 heteroatoms. The van der Waals surface area contributed by atoms with Crippen LogP contribution in [-0.2, 0) is 24.4 Å². The van der Waals surface area contributed by atoms with Crippen LogP contribution in [0.3, 0.4) is 0 Å². The first-order valence-corrected chi connectivity index (χ1v) is 10.3. The quantitative estimate of drug-likeness (QED) is 0.385. The predicted molar refractivity (Wildman–Crippen MR) is 120 cm³/mol. The molecule has 4 aromatic rings. The number of furan rings is 1. The zero-order valence-electron chi connectivity index (χ0n) is 17.6. The summed E-state index contributed by atoms with van der Waals surface area (Å²) in [6.45, 7) is 3.67. The second-order valence-electron chi connectivity index (χ2n) is 7.54. The zero-order chi connectivity index (χ0) is 21.5. The number of para-hydroxylation sites is 1. The van der Waals surface area contributed by atoms with E-state index >= 15 is 0 Å². The molecule has 2 aromatic heterocycles. The van der Waals surface area contributed by atoms with Gasteiger partial charge in [0.25, 0.3) is 5.91 Å². The topological polar surface area (TPSA) is 47.6 Å². The van der Waals surface area contributed by atoms with Crippen molar-refractivity contribution in [3.63, 3.8) is 0 Å². The largest absolute Gasteiger partial charge is 0.484 e. The van der Waals surface area contributed by atoms with E-state index in [1.165, 1.54) is 11.1 Å². The molecule has 2 heterocycles. The van der Waals surface area contributed by atoms with Gasteiger partial charge in [-0.05, 0) is 48.9 Å². The molecule has 0 aliphatic rings. The first kappa shape index (κ1) is 20.5. The summed E-state index contributed by atoms with van der Waals surface area (Å²) in [5.74, 6) is 1.32. The normalized spacial score (nSPS) is 10.7. The third-order valence-electron chi connectivity index (χ3n) is 5.13. The van der Waals surface area contributed by atoms with Crippen molar-refractivity contribution in [2.45, 2.75) is 26.6 Å². The fourth-order valence-electron chi connectivity index (χ4n) is 3.41. The summed E-state index contributed by atoms with van der Waals surface area (Å²) in [5.41, 5.74) is 3.52. The third-order valence-corrected chi connectivity index (χ3v) is 5.13. The summed E-state index contributed by atoms with van der Waals surface area (Å²) in [6.07, 6.45) is 3.67. The van der Waals surface area contributed by atoms with E-state index in [2.05, 4.69) is 41.8 Å². The van der Waals surface area contributed by atoms with Crippen molar-refractivity contribution < 1.29 is 13.9 Å². The van der Waals surface area contributed by atoms with E-state index in [1.807, 2.05) is 54.7 Å². The maximum Gasteiger partial charge on any atom is 0.261 e. The first-order chi connectivity index (χ1) is 15.2. The molecule has 0 fully saturated rings. The van der Waals surface area contributed by atoms with E-state index in [9.17, 15) is 4.79 Å². The SMILES string of the molecule is Cc1ccc(Cn2cccc2CN(Cc2ccco2)C(=O)COc2ccccc2)cc1. The molecule has 0 saturated heterocycles. The van der Waals surface area contributed by atoms with Gasteiger partial charge in [0.2, 0.25) is 0 Å². The number of amides is 1. The van der Waals surface area contributed by atoms with Crippen LogP contribution in [0.4, 0.5) is 0 Å². The molecule has 31 heavy (non-hydrogen) atoms. The zero-order valence-corrected chi connectivity index (χ0v) is 17.6. The molecule has 0 radical (unpaired) electrons. The summed E-state index contributed by atoms with van der Waals surface area (Å²) >= 11 is 0. The molecule has 1 amide bonds. The van der Waals surface area contributed by atoms with Crippen LogP contribution in [0.25, 0.3) is 0 Å². The minimum atomic E-state index is -0.0941. The van der Waals surface area contributed by atoms with Gasteiger partial charge >= 0.3 is 0 Å². The number of aryl methyl sites for hydroxylation is 1. The van der Waals surface area contributed by atoms with Gasteiger partial charge in [-0.3, -0.25) is 4.79 Å². The Labute approximate surface area is 182 Å². The van der Waals surface area contributed by atoms with E-state index in [0.717, 1.165) is 18.0 Å². The number of rotatable bonds is 9. The highest BCUT2D eigenvalue weighted by Gasteiger charge is 2.18. The standard InChI is InChI=1S/C26H26N2O3/c1-21-11-13-22(14-12-21)17-27-15-5-7-23(27)18-28(19-25-10-6-16-30-25)26(29)20-31-24-8-3-2-4-9-24/h2-16H,17-20H2,1H3. The molecule has 0 unspecified atom stereocenters. The van der Waals surface area contributed by atoms with Crippen LogP contribution >= 0.6 is 0 Å². The second-order valence-corrected chi connectivity index (χ2v) is 7.54. The van der Waals surface area contributed by atoms with Crippen LogP contribution in [0.5, 0.6) is 5.75 Å². The molecule has 0 atom stereocenters. The van der Waals surface area contributed by atoms with E-state index in [4.69, 9.17) is 9.15 Å². The average Bonchev–Trinajstić information content (AvgIpc) is 3.46. The highest BCUT2D eigenvalue weighted by atomic mass is 16.5. The van der Waals surface area contributed by atoms with Crippen molar-refractivity contribution in [3.8, 4) is 5.75 Å². The number of hydrogen-bond donors (Lipinski definition) is 0. The molecular weight excluding hydrogens is 388 g/mol. The molecule has 0 bridgehead atoms. The first-order valence-electron chi connectivity index (χ1n) is 10.3. The summed E-state index contributed by atoms with van der Waals surface area (Å²) < 4.78 is 13.4. The van der Waals surface area contributed by atoms with Gasteiger partial charge in [0.05, 0.1) is 19.4 Å². The highest BCUT2D eigenvalue weighted by molar-refractivity contribution is 5.77. The Balaban J connectivity index is 1.47. The van der Waals surface area contributed by atoms with E-state index in [-0.39, 0.29) is 12.5 Å². The lowest BCUT2D eigenvalue weighted by atomic mass is 10.1. The van der Waals surface area contributed by atoms with Crippen LogP contribution < -0.4 is 4.74 Å². The van der Waals surface area contributed by atoms with Crippen molar-refractivity contribution in [1.82, 2.24) is 9.47 Å². The second kappa shape index (κ2) is 9.85. The van der Waals surface area contributed by atoms with Crippen LogP contribution in [0.2, 0.25) is 0 Å². The van der Waals surface area contributed by atoms with Crippen LogP contribution in [0.15, 0.2) is 95.7 Å². The smallest absolute Gasteiger partial charge is 0.261 e. The molecule has 0 N–H and O–H groups in total. The van der Waals surface area contributed by atoms with Crippen LogP contribution in [-0.4, -0.2) is 22.0 Å². The lowest BCUT2D eigenvalue weighted by Gasteiger charge is -2.23. The summed E-state index contributed by atoms with van der Waals surface area (Å²) in [6, 6.07) is 25.7. The van der Waals surface area contributed by atoms with Gasteiger partial charge in [0.15, 0.2) is 6.61 Å². The maximum absolute atomic E-state index is 13.0. The maximum atomic E-state index is 13.0. The fraction of sp³-hybridized carbons (Fsp3) is 0.192. The van der Waals surface area contributed by atoms with Gasteiger partial charge in [-0.2, -0.15) is 0 Å². The van der Waals surface area contributed by atoms with Crippen molar-refractivity contribution in [2.75, 3.05) is 6.61 Å². The Hall–Kier alpha value is -3.73. The lowest BCUT2D eigenvalue weighted by Crippen LogP contribution is -2.34. The minimum Gasteiger partial charge on any atom is -0.484 e. The Morgan fingerprint density at radius 3 is 2.48 bits per heavy atom. The molecule has 158 valence electrons. The summed E-state index contributed by atoms with van der Waals surface area (Å²) in [4.78, 5) is 14.8. The average molecular weight is 415 g/mol. The Kier molecular flexibility index (Phi) is 6.53. The number of ether oxygens (including phenoxy) is 1. The van der Waals surface area contributed by atoms with Crippen LogP contribution in [0.1, 0.15) is 22.6 Å². The highest BCUT2D eigenvalue weighted by Crippen LogP contribution is 2.15. The molecular formula is C26H26N2O3. The van der Waals surface area contributed by atoms with Crippen molar-refractivity contribution in [3.05, 3.63) is 114 Å². The molecule has 4 rings (SSSR count). The summed E-state index contributed by atoms with van der Waals surface area (Å²) in [7, 11) is 0. The molecule has 0 aliphatic heterocycles. The molecule has 0 aliphatic carbocycles. The molecule has 0 spiro atoms. The fourth-order valence-corrected chi connectivity index (χ4v) is 3.41. The van der Waals surface area contributed by atoms with Gasteiger partial charge in [-0.25, -0.2) is 0 Å². The van der Waals surface area contributed by atoms with Gasteiger partial charge < -0.3 is 18.6 Å². The molecule has 0 saturated carbocycles. The molecule has 2 aromatic carbocycles. The van der Waals surface area contributed by atoms with E-state index in [0.29, 0.717) is 18.8 Å². The minimum absolute atomic E-state index is 0.0244. The third kappa shape index (κ3) is 5.66. The van der Waals surface area contributed by atoms with E-state index in [1.54, 1.807) is 11.2 Å². The van der Waals surface area contributed by atoms with Crippen molar-refractivity contribution in [2.24, 2.45) is 0 Å². The number of carbonyl (C=O) groups excluding carboxylic acids is 1. The number of aromatic nitrogens is 1. The number of benzene rings is 2. The Morgan fingerprint density at radius 1 is 0.935 bits per heavy atom. The number of carbonyl (C=O) groups is 1. The van der Waals surface area contributed by atoms with E-state index < -0.39 is 0 Å². The Bertz CT molecular complexity index is 1080. The summed E-state index contributed by atoms with van der Waals surface area (Å²) in [5, 5.41) is 0. The van der Waals surface area contributed by atoms with Gasteiger partial charge in [-0.1, -0.05) is 48.0 Å². The van der Waals surface area contributed by atoms with Gasteiger partial charge in [-0.15, -0.1) is 0 Å².